The van der Waals surface area contributed by atoms with Crippen molar-refractivity contribution in [2.45, 2.75) is 38.8 Å². The number of rotatable bonds is 4. The van der Waals surface area contributed by atoms with Gasteiger partial charge in [0.1, 0.15) is 17.4 Å². The zero-order valence-corrected chi connectivity index (χ0v) is 15.6. The summed E-state index contributed by atoms with van der Waals surface area (Å²) in [5.41, 5.74) is 2.15. The second-order valence-corrected chi connectivity index (χ2v) is 7.11. The molecule has 7 nitrogen and oxygen atoms in total. The number of fused-ring (bicyclic) bond motifs is 1. The van der Waals surface area contributed by atoms with Crippen molar-refractivity contribution in [3.05, 3.63) is 48.7 Å². The molecule has 0 bridgehead atoms. The molecule has 0 atom stereocenters. The molecule has 0 spiro atoms. The summed E-state index contributed by atoms with van der Waals surface area (Å²) < 4.78 is 7.95. The van der Waals surface area contributed by atoms with Gasteiger partial charge in [0.05, 0.1) is 18.1 Å². The van der Waals surface area contributed by atoms with Crippen molar-refractivity contribution in [2.75, 3.05) is 13.1 Å². The number of carbonyl (C=O) groups is 1. The first-order valence-corrected chi connectivity index (χ1v) is 9.30. The Bertz CT molecular complexity index is 930. The molecule has 27 heavy (non-hydrogen) atoms. The van der Waals surface area contributed by atoms with Gasteiger partial charge >= 0.3 is 0 Å². The summed E-state index contributed by atoms with van der Waals surface area (Å²) in [6.07, 6.45) is 8.59. The van der Waals surface area contributed by atoms with Gasteiger partial charge in [-0.05, 0) is 32.0 Å². The molecule has 7 heteroatoms. The maximum absolute atomic E-state index is 12.8. The average molecular weight is 365 g/mol. The van der Waals surface area contributed by atoms with Crippen molar-refractivity contribution in [3.63, 3.8) is 0 Å². The molecule has 3 aromatic rings. The Morgan fingerprint density at radius 3 is 2.74 bits per heavy atom. The van der Waals surface area contributed by atoms with Gasteiger partial charge in [0.15, 0.2) is 5.65 Å². The van der Waals surface area contributed by atoms with Gasteiger partial charge in [-0.1, -0.05) is 0 Å². The zero-order chi connectivity index (χ0) is 18.8. The van der Waals surface area contributed by atoms with Crippen LogP contribution < -0.4 is 4.74 Å². The maximum atomic E-state index is 12.8. The summed E-state index contributed by atoms with van der Waals surface area (Å²) in [6, 6.07) is 5.88. The standard InChI is InChI=1S/C20H23N5O2/c1-14(2)25-13-23-18-10-15(11-22-19(18)25)20(26)24-8-5-16(6-9-24)27-17-4-3-7-21-12-17/h3-4,7,10-14,16H,5-6,8-9H2,1-2H3. The quantitative estimate of drug-likeness (QED) is 0.710. The minimum atomic E-state index is 0.00308. The van der Waals surface area contributed by atoms with E-state index in [9.17, 15) is 4.79 Å². The molecule has 1 amide bonds. The molecule has 1 aliphatic heterocycles. The predicted molar refractivity (Wildman–Crippen MR) is 102 cm³/mol. The monoisotopic (exact) mass is 365 g/mol. The van der Waals surface area contributed by atoms with E-state index in [2.05, 4.69) is 28.8 Å². The van der Waals surface area contributed by atoms with Crippen LogP contribution in [0.25, 0.3) is 11.2 Å². The molecule has 4 rings (SSSR count). The van der Waals surface area contributed by atoms with Crippen molar-refractivity contribution in [1.29, 1.82) is 0 Å². The molecule has 1 fully saturated rings. The highest BCUT2D eigenvalue weighted by Crippen LogP contribution is 2.21. The van der Waals surface area contributed by atoms with Gasteiger partial charge in [0.2, 0.25) is 0 Å². The van der Waals surface area contributed by atoms with E-state index in [-0.39, 0.29) is 18.1 Å². The number of ether oxygens (including phenoxy) is 1. The van der Waals surface area contributed by atoms with Crippen molar-refractivity contribution < 1.29 is 9.53 Å². The largest absolute Gasteiger partial charge is 0.489 e. The lowest BCUT2D eigenvalue weighted by Gasteiger charge is -2.32. The molecular weight excluding hydrogens is 342 g/mol. The molecular formula is C20H23N5O2. The Labute approximate surface area is 158 Å². The normalized spacial score (nSPS) is 15.4. The average Bonchev–Trinajstić information content (AvgIpc) is 3.12. The molecule has 0 aliphatic carbocycles. The number of aromatic nitrogens is 4. The SMILES string of the molecule is CC(C)n1cnc2cc(C(=O)N3CCC(Oc4cccnc4)CC3)cnc21. The highest BCUT2D eigenvalue weighted by Gasteiger charge is 2.25. The van der Waals surface area contributed by atoms with Crippen LogP contribution in [0.4, 0.5) is 0 Å². The van der Waals surface area contributed by atoms with Crippen LogP contribution in [0, 0.1) is 0 Å². The van der Waals surface area contributed by atoms with Gasteiger partial charge in [0.25, 0.3) is 5.91 Å². The number of hydrogen-bond donors (Lipinski definition) is 0. The third kappa shape index (κ3) is 3.63. The molecule has 1 saturated heterocycles. The minimum absolute atomic E-state index is 0.00308. The van der Waals surface area contributed by atoms with Crippen molar-refractivity contribution in [1.82, 2.24) is 24.4 Å². The maximum Gasteiger partial charge on any atom is 0.255 e. The molecule has 0 N–H and O–H groups in total. The van der Waals surface area contributed by atoms with Gasteiger partial charge in [-0.2, -0.15) is 0 Å². The van der Waals surface area contributed by atoms with Crippen LogP contribution in [0.1, 0.15) is 43.1 Å². The molecule has 0 unspecified atom stereocenters. The number of amides is 1. The Morgan fingerprint density at radius 2 is 2.04 bits per heavy atom. The Balaban J connectivity index is 1.41. The van der Waals surface area contributed by atoms with Crippen LogP contribution in [-0.2, 0) is 0 Å². The molecule has 3 aromatic heterocycles. The second kappa shape index (κ2) is 7.34. The summed E-state index contributed by atoms with van der Waals surface area (Å²) >= 11 is 0. The highest BCUT2D eigenvalue weighted by molar-refractivity contribution is 5.96. The van der Waals surface area contributed by atoms with Gasteiger partial charge in [-0.25, -0.2) is 9.97 Å². The zero-order valence-electron chi connectivity index (χ0n) is 15.6. The number of piperidine rings is 1. The Hall–Kier alpha value is -2.96. The lowest BCUT2D eigenvalue weighted by atomic mass is 10.1. The molecule has 4 heterocycles. The third-order valence-corrected chi connectivity index (χ3v) is 4.88. The van der Waals surface area contributed by atoms with Crippen LogP contribution in [-0.4, -0.2) is 49.5 Å². The lowest BCUT2D eigenvalue weighted by molar-refractivity contribution is 0.0594. The summed E-state index contributed by atoms with van der Waals surface area (Å²) in [6.45, 7) is 5.50. The van der Waals surface area contributed by atoms with Crippen LogP contribution in [0.5, 0.6) is 5.75 Å². The smallest absolute Gasteiger partial charge is 0.255 e. The van der Waals surface area contributed by atoms with Crippen LogP contribution in [0.3, 0.4) is 0 Å². The molecule has 1 aliphatic rings. The van der Waals surface area contributed by atoms with E-state index in [0.29, 0.717) is 18.7 Å². The van der Waals surface area contributed by atoms with Crippen LogP contribution in [0.15, 0.2) is 43.1 Å². The van der Waals surface area contributed by atoms with Crippen molar-refractivity contribution >= 4 is 17.1 Å². The topological polar surface area (TPSA) is 73.1 Å². The number of carbonyl (C=O) groups excluding carboxylic acids is 1. The number of pyridine rings is 2. The van der Waals surface area contributed by atoms with E-state index >= 15 is 0 Å². The van der Waals surface area contributed by atoms with Crippen LogP contribution in [0.2, 0.25) is 0 Å². The lowest BCUT2D eigenvalue weighted by Crippen LogP contribution is -2.41. The minimum Gasteiger partial charge on any atom is -0.489 e. The fourth-order valence-electron chi connectivity index (χ4n) is 3.38. The first-order chi connectivity index (χ1) is 13.1. The third-order valence-electron chi connectivity index (χ3n) is 4.88. The van der Waals surface area contributed by atoms with Crippen molar-refractivity contribution in [3.8, 4) is 5.75 Å². The van der Waals surface area contributed by atoms with E-state index in [1.807, 2.05) is 27.7 Å². The van der Waals surface area contributed by atoms with E-state index in [0.717, 1.165) is 29.8 Å². The number of hydrogen-bond acceptors (Lipinski definition) is 5. The first-order valence-electron chi connectivity index (χ1n) is 9.30. The molecule has 0 saturated carbocycles. The fourth-order valence-corrected chi connectivity index (χ4v) is 3.38. The van der Waals surface area contributed by atoms with E-state index in [1.165, 1.54) is 0 Å². The highest BCUT2D eigenvalue weighted by atomic mass is 16.5. The van der Waals surface area contributed by atoms with Gasteiger partial charge in [-0.3, -0.25) is 9.78 Å². The van der Waals surface area contributed by atoms with Gasteiger partial charge in [-0.15, -0.1) is 0 Å². The summed E-state index contributed by atoms with van der Waals surface area (Å²) in [4.78, 5) is 27.6. The van der Waals surface area contributed by atoms with Gasteiger partial charge < -0.3 is 14.2 Å². The summed E-state index contributed by atoms with van der Waals surface area (Å²) in [5.74, 6) is 0.779. The Morgan fingerprint density at radius 1 is 1.22 bits per heavy atom. The molecule has 0 aromatic carbocycles. The van der Waals surface area contributed by atoms with E-state index in [4.69, 9.17) is 4.74 Å². The number of likely N-dealkylation sites (tertiary alicyclic amines) is 1. The second-order valence-electron chi connectivity index (χ2n) is 7.11. The molecule has 0 radical (unpaired) electrons. The first kappa shape index (κ1) is 17.5. The summed E-state index contributed by atoms with van der Waals surface area (Å²) in [7, 11) is 0. The van der Waals surface area contributed by atoms with Crippen LogP contribution >= 0.6 is 0 Å². The Kier molecular flexibility index (Phi) is 4.75. The fraction of sp³-hybridized carbons (Fsp3) is 0.400. The van der Waals surface area contributed by atoms with E-state index < -0.39 is 0 Å². The summed E-state index contributed by atoms with van der Waals surface area (Å²) in [5, 5.41) is 0. The van der Waals surface area contributed by atoms with E-state index in [1.54, 1.807) is 24.9 Å². The number of nitrogens with zero attached hydrogens (tertiary/aromatic N) is 5. The predicted octanol–water partition coefficient (Wildman–Crippen LogP) is 3.09. The molecule has 140 valence electrons. The van der Waals surface area contributed by atoms with Gasteiger partial charge in [0, 0.05) is 44.4 Å². The van der Waals surface area contributed by atoms with Crippen molar-refractivity contribution in [2.24, 2.45) is 0 Å². The number of imidazole rings is 1.